The third-order valence-electron chi connectivity index (χ3n) is 3.77. The minimum absolute atomic E-state index is 0.156. The summed E-state index contributed by atoms with van der Waals surface area (Å²) in [5, 5.41) is 6.07. The summed E-state index contributed by atoms with van der Waals surface area (Å²) < 4.78 is 5.04. The topological polar surface area (TPSA) is 84.5 Å². The molecule has 2 aromatic carbocycles. The normalized spacial score (nSPS) is 11.5. The van der Waals surface area contributed by atoms with Crippen molar-refractivity contribution in [2.45, 2.75) is 20.0 Å². The molecule has 2 rings (SSSR count). The second-order valence-corrected chi connectivity index (χ2v) is 7.09. The van der Waals surface area contributed by atoms with Gasteiger partial charge in [-0.25, -0.2) is 0 Å². The maximum atomic E-state index is 12.2. The van der Waals surface area contributed by atoms with Gasteiger partial charge < -0.3 is 15.4 Å². The third kappa shape index (κ3) is 5.86. The van der Waals surface area contributed by atoms with Gasteiger partial charge in [0.15, 0.2) is 6.10 Å². The second kappa shape index (κ2) is 9.78. The molecular formula is C19H17Cl3N2O4. The molecule has 2 amide bonds. The van der Waals surface area contributed by atoms with Crippen LogP contribution in [0.25, 0.3) is 0 Å². The molecule has 2 aromatic rings. The van der Waals surface area contributed by atoms with Gasteiger partial charge in [0.1, 0.15) is 6.54 Å². The molecule has 28 heavy (non-hydrogen) atoms. The lowest BCUT2D eigenvalue weighted by Crippen LogP contribution is -2.36. The fourth-order valence-corrected chi connectivity index (χ4v) is 2.86. The first kappa shape index (κ1) is 22.0. The minimum Gasteiger partial charge on any atom is -0.451 e. The molecule has 0 aromatic heterocycles. The Morgan fingerprint density at radius 2 is 1.79 bits per heavy atom. The third-order valence-corrected chi connectivity index (χ3v) is 4.73. The summed E-state index contributed by atoms with van der Waals surface area (Å²) in [6.07, 6.45) is -1.07. The van der Waals surface area contributed by atoms with Crippen LogP contribution in [0.1, 0.15) is 22.8 Å². The van der Waals surface area contributed by atoms with E-state index in [0.717, 1.165) is 0 Å². The highest BCUT2D eigenvalue weighted by Crippen LogP contribution is 2.23. The van der Waals surface area contributed by atoms with Gasteiger partial charge in [-0.15, -0.1) is 0 Å². The highest BCUT2D eigenvalue weighted by Gasteiger charge is 2.20. The zero-order chi connectivity index (χ0) is 20.8. The lowest BCUT2D eigenvalue weighted by Gasteiger charge is -2.15. The van der Waals surface area contributed by atoms with Crippen LogP contribution >= 0.6 is 34.8 Å². The van der Waals surface area contributed by atoms with E-state index in [1.165, 1.54) is 25.1 Å². The van der Waals surface area contributed by atoms with Crippen molar-refractivity contribution in [2.24, 2.45) is 0 Å². The molecule has 0 spiro atoms. The van der Waals surface area contributed by atoms with E-state index in [1.54, 1.807) is 25.1 Å². The summed E-state index contributed by atoms with van der Waals surface area (Å²) in [6.45, 7) is 2.75. The number of nitrogens with one attached hydrogen (secondary N) is 2. The standard InChI is InChI=1S/C19H17Cl3N2O4/c1-10-14(21)4-3-5-16(10)24-18(26)11(2)28-17(25)9-23-19(27)13-7-6-12(20)8-15(13)22/h3-8,11H,9H2,1-2H3,(H,23,27)(H,24,26). The SMILES string of the molecule is Cc1c(Cl)cccc1NC(=O)C(C)OC(=O)CNC(=O)c1ccc(Cl)cc1Cl. The molecule has 148 valence electrons. The molecule has 6 nitrogen and oxygen atoms in total. The maximum Gasteiger partial charge on any atom is 0.326 e. The predicted octanol–water partition coefficient (Wildman–Crippen LogP) is 4.26. The number of hydrogen-bond donors (Lipinski definition) is 2. The largest absolute Gasteiger partial charge is 0.451 e. The summed E-state index contributed by atoms with van der Waals surface area (Å²) >= 11 is 17.7. The van der Waals surface area contributed by atoms with Crippen LogP contribution in [0.15, 0.2) is 36.4 Å². The fourth-order valence-electron chi connectivity index (χ4n) is 2.19. The van der Waals surface area contributed by atoms with Gasteiger partial charge in [0.25, 0.3) is 11.8 Å². The smallest absolute Gasteiger partial charge is 0.326 e. The van der Waals surface area contributed by atoms with Crippen molar-refractivity contribution in [3.8, 4) is 0 Å². The van der Waals surface area contributed by atoms with Crippen molar-refractivity contribution in [1.29, 1.82) is 0 Å². The van der Waals surface area contributed by atoms with Crippen LogP contribution in [0, 0.1) is 6.92 Å². The molecule has 0 radical (unpaired) electrons. The Morgan fingerprint density at radius 1 is 1.07 bits per heavy atom. The average Bonchev–Trinajstić information content (AvgIpc) is 2.63. The molecular weight excluding hydrogens is 427 g/mol. The molecule has 9 heteroatoms. The van der Waals surface area contributed by atoms with Crippen LogP contribution in [-0.4, -0.2) is 30.4 Å². The molecule has 0 fully saturated rings. The number of halogens is 3. The molecule has 0 heterocycles. The summed E-state index contributed by atoms with van der Waals surface area (Å²) in [6, 6.07) is 9.44. The Balaban J connectivity index is 1.87. The molecule has 0 aliphatic carbocycles. The molecule has 0 aliphatic heterocycles. The Morgan fingerprint density at radius 3 is 2.46 bits per heavy atom. The second-order valence-electron chi connectivity index (χ2n) is 5.84. The summed E-state index contributed by atoms with van der Waals surface area (Å²) in [5.74, 6) is -1.86. The van der Waals surface area contributed by atoms with E-state index in [0.29, 0.717) is 21.3 Å². The van der Waals surface area contributed by atoms with Crippen LogP contribution in [0.5, 0.6) is 0 Å². The van der Waals surface area contributed by atoms with Crippen molar-refractivity contribution >= 4 is 58.3 Å². The Hall–Kier alpha value is -2.28. The van der Waals surface area contributed by atoms with E-state index in [4.69, 9.17) is 39.5 Å². The van der Waals surface area contributed by atoms with Crippen molar-refractivity contribution in [3.05, 3.63) is 62.6 Å². The van der Waals surface area contributed by atoms with Gasteiger partial charge >= 0.3 is 5.97 Å². The van der Waals surface area contributed by atoms with Gasteiger partial charge in [0.2, 0.25) is 0 Å². The van der Waals surface area contributed by atoms with Gasteiger partial charge in [0, 0.05) is 15.7 Å². The first-order valence-corrected chi connectivity index (χ1v) is 9.31. The Bertz CT molecular complexity index is 918. The number of benzene rings is 2. The number of carbonyl (C=O) groups is 3. The monoisotopic (exact) mass is 442 g/mol. The Labute approximate surface area is 177 Å². The molecule has 0 saturated carbocycles. The molecule has 0 saturated heterocycles. The van der Waals surface area contributed by atoms with E-state index < -0.39 is 30.4 Å². The molecule has 1 atom stereocenters. The van der Waals surface area contributed by atoms with E-state index in [9.17, 15) is 14.4 Å². The predicted molar refractivity (Wildman–Crippen MR) is 109 cm³/mol. The van der Waals surface area contributed by atoms with E-state index in [2.05, 4.69) is 10.6 Å². The van der Waals surface area contributed by atoms with Gasteiger partial charge in [-0.05, 0) is 49.7 Å². The average molecular weight is 444 g/mol. The van der Waals surface area contributed by atoms with Crippen LogP contribution in [0.4, 0.5) is 5.69 Å². The van der Waals surface area contributed by atoms with Gasteiger partial charge in [-0.3, -0.25) is 14.4 Å². The quantitative estimate of drug-likeness (QED) is 0.654. The molecule has 2 N–H and O–H groups in total. The number of esters is 1. The minimum atomic E-state index is -1.07. The zero-order valence-corrected chi connectivity index (χ0v) is 17.3. The lowest BCUT2D eigenvalue weighted by atomic mass is 10.2. The highest BCUT2D eigenvalue weighted by atomic mass is 35.5. The van der Waals surface area contributed by atoms with E-state index >= 15 is 0 Å². The van der Waals surface area contributed by atoms with Crippen LogP contribution < -0.4 is 10.6 Å². The highest BCUT2D eigenvalue weighted by molar-refractivity contribution is 6.36. The van der Waals surface area contributed by atoms with Crippen molar-refractivity contribution < 1.29 is 19.1 Å². The first-order valence-electron chi connectivity index (χ1n) is 8.17. The van der Waals surface area contributed by atoms with Crippen LogP contribution in [-0.2, 0) is 14.3 Å². The number of anilines is 1. The Kier molecular flexibility index (Phi) is 7.69. The van der Waals surface area contributed by atoms with Gasteiger partial charge in [-0.1, -0.05) is 40.9 Å². The van der Waals surface area contributed by atoms with Crippen LogP contribution in [0.3, 0.4) is 0 Å². The van der Waals surface area contributed by atoms with Crippen molar-refractivity contribution in [1.82, 2.24) is 5.32 Å². The number of carbonyl (C=O) groups excluding carboxylic acids is 3. The number of ether oxygens (including phenoxy) is 1. The van der Waals surface area contributed by atoms with Crippen LogP contribution in [0.2, 0.25) is 15.1 Å². The number of rotatable bonds is 6. The van der Waals surface area contributed by atoms with Crippen molar-refractivity contribution in [3.63, 3.8) is 0 Å². The van der Waals surface area contributed by atoms with Gasteiger partial charge in [-0.2, -0.15) is 0 Å². The van der Waals surface area contributed by atoms with Gasteiger partial charge in [0.05, 0.1) is 10.6 Å². The summed E-state index contributed by atoms with van der Waals surface area (Å²) in [4.78, 5) is 36.2. The molecule has 1 unspecified atom stereocenters. The summed E-state index contributed by atoms with van der Waals surface area (Å²) in [5.41, 5.74) is 1.38. The lowest BCUT2D eigenvalue weighted by molar-refractivity contribution is -0.152. The molecule has 0 bridgehead atoms. The number of amides is 2. The summed E-state index contributed by atoms with van der Waals surface area (Å²) in [7, 11) is 0. The van der Waals surface area contributed by atoms with Crippen molar-refractivity contribution in [2.75, 3.05) is 11.9 Å². The van der Waals surface area contributed by atoms with E-state index in [1.807, 2.05) is 0 Å². The molecule has 0 aliphatic rings. The maximum absolute atomic E-state index is 12.2. The first-order chi connectivity index (χ1) is 13.2. The fraction of sp³-hybridized carbons (Fsp3) is 0.211. The van der Waals surface area contributed by atoms with E-state index in [-0.39, 0.29) is 10.6 Å². The number of hydrogen-bond acceptors (Lipinski definition) is 4. The zero-order valence-electron chi connectivity index (χ0n) is 15.0.